The van der Waals surface area contributed by atoms with Crippen LogP contribution >= 0.6 is 0 Å². The van der Waals surface area contributed by atoms with Crippen molar-refractivity contribution in [2.24, 2.45) is 11.1 Å². The van der Waals surface area contributed by atoms with Crippen molar-refractivity contribution in [1.29, 1.82) is 0 Å². The highest BCUT2D eigenvalue weighted by Crippen LogP contribution is 2.36. The lowest BCUT2D eigenvalue weighted by atomic mass is 9.76. The van der Waals surface area contributed by atoms with Crippen LogP contribution in [0.3, 0.4) is 0 Å². The van der Waals surface area contributed by atoms with Gasteiger partial charge in [0.05, 0.1) is 18.8 Å². The fourth-order valence-electron chi connectivity index (χ4n) is 2.58. The van der Waals surface area contributed by atoms with Crippen LogP contribution in [-0.2, 0) is 4.74 Å². The predicted molar refractivity (Wildman–Crippen MR) is 75.4 cm³/mol. The van der Waals surface area contributed by atoms with E-state index in [0.29, 0.717) is 18.1 Å². The van der Waals surface area contributed by atoms with Crippen molar-refractivity contribution in [3.63, 3.8) is 0 Å². The van der Waals surface area contributed by atoms with Crippen molar-refractivity contribution in [2.45, 2.75) is 51.7 Å². The van der Waals surface area contributed by atoms with Crippen LogP contribution in [0.25, 0.3) is 0 Å². The lowest BCUT2D eigenvalue weighted by molar-refractivity contribution is -0.00184. The molecule has 100 valence electrons. The van der Waals surface area contributed by atoms with E-state index in [0.717, 1.165) is 5.56 Å². The van der Waals surface area contributed by atoms with Gasteiger partial charge in [-0.05, 0) is 36.7 Å². The normalized spacial score (nSPS) is 21.7. The second-order valence-corrected chi connectivity index (χ2v) is 6.21. The van der Waals surface area contributed by atoms with E-state index in [4.69, 9.17) is 10.5 Å². The Hall–Kier alpha value is -0.860. The van der Waals surface area contributed by atoms with Gasteiger partial charge < -0.3 is 10.5 Å². The monoisotopic (exact) mass is 247 g/mol. The van der Waals surface area contributed by atoms with Gasteiger partial charge in [0.2, 0.25) is 0 Å². The van der Waals surface area contributed by atoms with E-state index in [2.05, 4.69) is 26.0 Å². The third-order valence-corrected chi connectivity index (χ3v) is 4.03. The van der Waals surface area contributed by atoms with Crippen LogP contribution < -0.4 is 5.73 Å². The molecule has 0 saturated heterocycles. The first-order valence-electron chi connectivity index (χ1n) is 6.99. The molecule has 1 saturated carbocycles. The molecule has 0 radical (unpaired) electrons. The van der Waals surface area contributed by atoms with Crippen molar-refractivity contribution in [3.8, 4) is 0 Å². The highest BCUT2D eigenvalue weighted by atomic mass is 16.5. The minimum Gasteiger partial charge on any atom is -0.376 e. The summed E-state index contributed by atoms with van der Waals surface area (Å²) in [4.78, 5) is 0. The Bertz CT molecular complexity index is 351. The van der Waals surface area contributed by atoms with Crippen LogP contribution in [0.5, 0.6) is 0 Å². The van der Waals surface area contributed by atoms with E-state index in [1.165, 1.54) is 25.7 Å². The van der Waals surface area contributed by atoms with Gasteiger partial charge in [-0.15, -0.1) is 0 Å². The molecule has 1 aromatic carbocycles. The van der Waals surface area contributed by atoms with Crippen molar-refractivity contribution in [2.75, 3.05) is 6.61 Å². The summed E-state index contributed by atoms with van der Waals surface area (Å²) in [5.41, 5.74) is 7.80. The maximum absolute atomic E-state index is 6.14. The second-order valence-electron chi connectivity index (χ2n) is 6.21. The number of benzene rings is 1. The van der Waals surface area contributed by atoms with Crippen molar-refractivity contribution < 1.29 is 4.74 Å². The van der Waals surface area contributed by atoms with E-state index < -0.39 is 0 Å². The van der Waals surface area contributed by atoms with E-state index >= 15 is 0 Å². The number of hydrogen-bond donors (Lipinski definition) is 1. The summed E-state index contributed by atoms with van der Waals surface area (Å²) in [6.07, 6.45) is 5.28. The van der Waals surface area contributed by atoms with E-state index in [1.54, 1.807) is 0 Å². The molecule has 0 bridgehead atoms. The van der Waals surface area contributed by atoms with Gasteiger partial charge in [0, 0.05) is 0 Å². The van der Waals surface area contributed by atoms with Crippen molar-refractivity contribution in [1.82, 2.24) is 0 Å². The Balaban J connectivity index is 1.76. The minimum absolute atomic E-state index is 0.00105. The molecule has 0 aliphatic heterocycles. The summed E-state index contributed by atoms with van der Waals surface area (Å²) in [6.45, 7) is 5.33. The summed E-state index contributed by atoms with van der Waals surface area (Å²) < 4.78 is 5.97. The summed E-state index contributed by atoms with van der Waals surface area (Å²) in [6, 6.07) is 10.2. The van der Waals surface area contributed by atoms with Gasteiger partial charge in [-0.3, -0.25) is 0 Å². The van der Waals surface area contributed by atoms with Gasteiger partial charge in [0.25, 0.3) is 0 Å². The molecule has 2 nitrogen and oxygen atoms in total. The first-order chi connectivity index (χ1) is 8.57. The molecule has 18 heavy (non-hydrogen) atoms. The van der Waals surface area contributed by atoms with E-state index in [1.807, 2.05) is 18.2 Å². The summed E-state index contributed by atoms with van der Waals surface area (Å²) >= 11 is 0. The molecule has 2 N–H and O–H groups in total. The number of hydrogen-bond acceptors (Lipinski definition) is 2. The molecule has 0 heterocycles. The average Bonchev–Trinajstić information content (AvgIpc) is 2.38. The molecule has 1 aliphatic carbocycles. The predicted octanol–water partition coefficient (Wildman–Crippen LogP) is 3.67. The molecule has 1 aliphatic rings. The lowest BCUT2D eigenvalue weighted by Gasteiger charge is -2.34. The maximum Gasteiger partial charge on any atom is 0.0663 e. The molecule has 2 heteroatoms. The highest BCUT2D eigenvalue weighted by Gasteiger charge is 2.27. The highest BCUT2D eigenvalue weighted by molar-refractivity contribution is 5.18. The second kappa shape index (κ2) is 5.85. The van der Waals surface area contributed by atoms with Crippen molar-refractivity contribution in [3.05, 3.63) is 35.9 Å². The summed E-state index contributed by atoms with van der Waals surface area (Å²) in [5, 5.41) is 0. The zero-order chi connectivity index (χ0) is 13.0. The van der Waals surface area contributed by atoms with Gasteiger partial charge in [-0.1, -0.05) is 44.2 Å². The Morgan fingerprint density at radius 2 is 1.83 bits per heavy atom. The molecular formula is C16H25NO. The Kier molecular flexibility index (Phi) is 4.41. The molecule has 0 aromatic heterocycles. The molecular weight excluding hydrogens is 222 g/mol. The SMILES string of the molecule is CC1(C)CCC(OCC(N)c2ccccc2)CC1. The minimum atomic E-state index is 0.00105. The smallest absolute Gasteiger partial charge is 0.0663 e. The standard InChI is InChI=1S/C16H25NO/c1-16(2)10-8-14(9-11-16)18-12-15(17)13-6-4-3-5-7-13/h3-7,14-15H,8-12,17H2,1-2H3. The zero-order valence-electron chi connectivity index (χ0n) is 11.6. The van der Waals surface area contributed by atoms with Crippen LogP contribution in [0.15, 0.2) is 30.3 Å². The number of nitrogens with two attached hydrogens (primary N) is 1. The van der Waals surface area contributed by atoms with Crippen molar-refractivity contribution >= 4 is 0 Å². The van der Waals surface area contributed by atoms with Crippen LogP contribution in [0, 0.1) is 5.41 Å². The van der Waals surface area contributed by atoms with Gasteiger partial charge in [0.1, 0.15) is 0 Å². The Morgan fingerprint density at radius 3 is 2.44 bits per heavy atom. The molecule has 1 unspecified atom stereocenters. The fraction of sp³-hybridized carbons (Fsp3) is 0.625. The van der Waals surface area contributed by atoms with E-state index in [-0.39, 0.29) is 6.04 Å². The third-order valence-electron chi connectivity index (χ3n) is 4.03. The molecule has 1 fully saturated rings. The zero-order valence-corrected chi connectivity index (χ0v) is 11.6. The fourth-order valence-corrected chi connectivity index (χ4v) is 2.58. The quantitative estimate of drug-likeness (QED) is 0.881. The number of ether oxygens (including phenoxy) is 1. The molecule has 0 spiro atoms. The first kappa shape index (κ1) is 13.6. The maximum atomic E-state index is 6.14. The van der Waals surface area contributed by atoms with E-state index in [9.17, 15) is 0 Å². The molecule has 1 aromatic rings. The summed E-state index contributed by atoms with van der Waals surface area (Å²) in [7, 11) is 0. The van der Waals surface area contributed by atoms with Crippen LogP contribution in [0.1, 0.15) is 51.1 Å². The Labute approximate surface area is 111 Å². The summed E-state index contributed by atoms with van der Waals surface area (Å²) in [5.74, 6) is 0. The third kappa shape index (κ3) is 3.82. The molecule has 1 atom stereocenters. The van der Waals surface area contributed by atoms with Gasteiger partial charge in [-0.25, -0.2) is 0 Å². The lowest BCUT2D eigenvalue weighted by Crippen LogP contribution is -2.29. The van der Waals surface area contributed by atoms with Crippen LogP contribution in [-0.4, -0.2) is 12.7 Å². The van der Waals surface area contributed by atoms with Gasteiger partial charge in [-0.2, -0.15) is 0 Å². The van der Waals surface area contributed by atoms with Crippen LogP contribution in [0.4, 0.5) is 0 Å². The Morgan fingerprint density at radius 1 is 1.22 bits per heavy atom. The van der Waals surface area contributed by atoms with Gasteiger partial charge >= 0.3 is 0 Å². The number of rotatable bonds is 4. The first-order valence-corrected chi connectivity index (χ1v) is 6.99. The molecule has 0 amide bonds. The average molecular weight is 247 g/mol. The largest absolute Gasteiger partial charge is 0.376 e. The van der Waals surface area contributed by atoms with Crippen LogP contribution in [0.2, 0.25) is 0 Å². The molecule has 2 rings (SSSR count). The topological polar surface area (TPSA) is 35.2 Å². The van der Waals surface area contributed by atoms with Gasteiger partial charge in [0.15, 0.2) is 0 Å².